The summed E-state index contributed by atoms with van der Waals surface area (Å²) in [7, 11) is 1.48. The summed E-state index contributed by atoms with van der Waals surface area (Å²) in [5.74, 6) is -1.52. The molecular weight excluding hydrogens is 366 g/mol. The van der Waals surface area contributed by atoms with Crippen LogP contribution in [0.1, 0.15) is 37.1 Å². The molecule has 8 heteroatoms. The Morgan fingerprint density at radius 1 is 1.32 bits per heavy atom. The van der Waals surface area contributed by atoms with Crippen LogP contribution >= 0.6 is 0 Å². The Hall–Kier alpha value is -3.34. The predicted octanol–water partition coefficient (Wildman–Crippen LogP) is 3.56. The molecule has 0 saturated heterocycles. The maximum atomic E-state index is 13.9. The second-order valence-electron chi connectivity index (χ2n) is 6.13. The molecule has 1 atom stereocenters. The molecule has 0 saturated carbocycles. The summed E-state index contributed by atoms with van der Waals surface area (Å²) in [6.45, 7) is 5.59. The molecule has 1 aromatic heterocycles. The van der Waals surface area contributed by atoms with Crippen LogP contribution in [-0.2, 0) is 4.79 Å². The van der Waals surface area contributed by atoms with Gasteiger partial charge in [0.05, 0.1) is 25.0 Å². The molecule has 0 N–H and O–H groups in total. The fourth-order valence-corrected chi connectivity index (χ4v) is 2.55. The van der Waals surface area contributed by atoms with Crippen LogP contribution < -0.4 is 4.74 Å². The Bertz CT molecular complexity index is 874. The number of hydrogen-bond donors (Lipinski definition) is 0. The van der Waals surface area contributed by atoms with Gasteiger partial charge in [0.25, 0.3) is 0 Å². The number of nitriles is 1. The smallest absolute Gasteiger partial charge is 0.249 e. The molecule has 0 bridgehead atoms. The highest BCUT2D eigenvalue weighted by molar-refractivity contribution is 5.92. The molecule has 28 heavy (non-hydrogen) atoms. The molecule has 0 fully saturated rings. The van der Waals surface area contributed by atoms with Gasteiger partial charge in [0.15, 0.2) is 5.69 Å². The van der Waals surface area contributed by atoms with Gasteiger partial charge in [-0.1, -0.05) is 12.6 Å². The minimum absolute atomic E-state index is 0.158. The molecule has 0 spiro atoms. The number of likely N-dealkylation sites (N-methyl/N-ethyl adjacent to an activating group) is 1. The molecule has 2 rings (SSSR count). The van der Waals surface area contributed by atoms with Gasteiger partial charge in [-0.25, -0.2) is 18.7 Å². The zero-order valence-corrected chi connectivity index (χ0v) is 15.7. The van der Waals surface area contributed by atoms with Crippen molar-refractivity contribution in [1.82, 2.24) is 14.9 Å². The zero-order valence-electron chi connectivity index (χ0n) is 15.7. The van der Waals surface area contributed by atoms with E-state index in [9.17, 15) is 13.6 Å². The number of rotatable bonds is 8. The van der Waals surface area contributed by atoms with E-state index in [4.69, 9.17) is 10.00 Å². The van der Waals surface area contributed by atoms with Gasteiger partial charge < -0.3 is 9.64 Å². The van der Waals surface area contributed by atoms with E-state index in [1.165, 1.54) is 30.4 Å². The normalized spacial score (nSPS) is 11.4. The second kappa shape index (κ2) is 9.55. The van der Waals surface area contributed by atoms with Gasteiger partial charge in [0.2, 0.25) is 11.8 Å². The fourth-order valence-electron chi connectivity index (χ4n) is 2.55. The quantitative estimate of drug-likeness (QED) is 0.512. The molecule has 1 heterocycles. The van der Waals surface area contributed by atoms with Crippen LogP contribution in [0.15, 0.2) is 42.7 Å². The number of nitrogens with zero attached hydrogens (tertiary/aromatic N) is 4. The van der Waals surface area contributed by atoms with E-state index in [-0.39, 0.29) is 23.7 Å². The van der Waals surface area contributed by atoms with Crippen molar-refractivity contribution in [3.63, 3.8) is 0 Å². The first kappa shape index (κ1) is 21.0. The first-order valence-corrected chi connectivity index (χ1v) is 8.59. The number of carbonyl (C=O) groups excluding carboxylic acids is 1. The van der Waals surface area contributed by atoms with E-state index >= 15 is 0 Å². The Morgan fingerprint density at radius 2 is 2.00 bits per heavy atom. The van der Waals surface area contributed by atoms with Gasteiger partial charge in [0.1, 0.15) is 17.7 Å². The van der Waals surface area contributed by atoms with Gasteiger partial charge in [-0.15, -0.1) is 0 Å². The molecule has 2 aromatic rings. The van der Waals surface area contributed by atoms with Gasteiger partial charge >= 0.3 is 0 Å². The molecule has 0 unspecified atom stereocenters. The van der Waals surface area contributed by atoms with E-state index < -0.39 is 23.6 Å². The molecule has 6 nitrogen and oxygen atoms in total. The van der Waals surface area contributed by atoms with Gasteiger partial charge in [-0.3, -0.25) is 4.79 Å². The first-order chi connectivity index (χ1) is 13.3. The Kier molecular flexibility index (Phi) is 7.15. The minimum atomic E-state index is -0.782. The molecule has 1 amide bonds. The third-order valence-corrected chi connectivity index (χ3v) is 4.24. The van der Waals surface area contributed by atoms with Crippen LogP contribution in [0, 0.1) is 23.0 Å². The largest absolute Gasteiger partial charge is 0.477 e. The van der Waals surface area contributed by atoms with Crippen LogP contribution in [0.5, 0.6) is 5.88 Å². The van der Waals surface area contributed by atoms with Crippen molar-refractivity contribution in [1.29, 1.82) is 5.26 Å². The molecule has 0 radical (unpaired) electrons. The van der Waals surface area contributed by atoms with E-state index in [2.05, 4.69) is 16.5 Å². The lowest BCUT2D eigenvalue weighted by atomic mass is 10.0. The van der Waals surface area contributed by atoms with Crippen molar-refractivity contribution in [2.24, 2.45) is 0 Å². The number of benzene rings is 1. The summed E-state index contributed by atoms with van der Waals surface area (Å²) >= 11 is 0. The monoisotopic (exact) mass is 386 g/mol. The van der Waals surface area contributed by atoms with E-state index in [1.54, 1.807) is 6.92 Å². The molecule has 146 valence electrons. The number of ether oxygens (including phenoxy) is 1. The van der Waals surface area contributed by atoms with Crippen molar-refractivity contribution in [3.8, 4) is 11.9 Å². The summed E-state index contributed by atoms with van der Waals surface area (Å²) in [5, 5.41) is 8.66. The highest BCUT2D eigenvalue weighted by Crippen LogP contribution is 2.26. The third-order valence-electron chi connectivity index (χ3n) is 4.24. The fraction of sp³-hybridized carbons (Fsp3) is 0.300. The lowest BCUT2D eigenvalue weighted by Crippen LogP contribution is -2.31. The molecular formula is C20H20F2N4O2. The van der Waals surface area contributed by atoms with Gasteiger partial charge in [-0.05, 0) is 31.9 Å². The number of hydrogen-bond acceptors (Lipinski definition) is 5. The Morgan fingerprint density at radius 3 is 2.57 bits per heavy atom. The summed E-state index contributed by atoms with van der Waals surface area (Å²) in [4.78, 5) is 21.5. The SMILES string of the molecule is C=C(CCCOc1cnc(C#N)cn1)C(=O)N(C)[C@@H](C)c1c(F)cccc1F. The maximum Gasteiger partial charge on any atom is 0.249 e. The Balaban J connectivity index is 1.86. The van der Waals surface area contributed by atoms with E-state index in [1.807, 2.05) is 6.07 Å². The van der Waals surface area contributed by atoms with Crippen molar-refractivity contribution in [3.05, 3.63) is 65.6 Å². The highest BCUT2D eigenvalue weighted by Gasteiger charge is 2.24. The summed E-state index contributed by atoms with van der Waals surface area (Å²) in [6.07, 6.45) is 3.48. The number of aromatic nitrogens is 2. The van der Waals surface area contributed by atoms with Crippen LogP contribution in [0.3, 0.4) is 0 Å². The summed E-state index contributed by atoms with van der Waals surface area (Å²) in [6, 6.07) is 4.67. The van der Waals surface area contributed by atoms with Crippen LogP contribution in [0.4, 0.5) is 8.78 Å². The third kappa shape index (κ3) is 5.10. The standard InChI is InChI=1S/C20H20F2N4O2/c1-13(6-5-9-28-18-12-24-15(10-23)11-25-18)20(27)26(3)14(2)19-16(21)7-4-8-17(19)22/h4,7-8,11-12,14H,1,5-6,9H2,2-3H3/t14-/m0/s1. The average Bonchev–Trinajstić information content (AvgIpc) is 2.70. The van der Waals surface area contributed by atoms with E-state index in [0.717, 1.165) is 12.1 Å². The first-order valence-electron chi connectivity index (χ1n) is 8.59. The lowest BCUT2D eigenvalue weighted by Gasteiger charge is -2.26. The number of halogens is 2. The molecule has 0 aliphatic rings. The summed E-state index contributed by atoms with van der Waals surface area (Å²) in [5.41, 5.74) is 0.337. The van der Waals surface area contributed by atoms with Crippen LogP contribution in [0.25, 0.3) is 0 Å². The van der Waals surface area contributed by atoms with Crippen molar-refractivity contribution < 1.29 is 18.3 Å². The van der Waals surface area contributed by atoms with E-state index in [0.29, 0.717) is 18.4 Å². The summed E-state index contributed by atoms with van der Waals surface area (Å²) < 4.78 is 33.3. The second-order valence-corrected chi connectivity index (χ2v) is 6.13. The molecule has 0 aliphatic heterocycles. The van der Waals surface area contributed by atoms with Crippen LogP contribution in [-0.4, -0.2) is 34.4 Å². The molecule has 0 aliphatic carbocycles. The zero-order chi connectivity index (χ0) is 20.7. The lowest BCUT2D eigenvalue weighted by molar-refractivity contribution is -0.127. The van der Waals surface area contributed by atoms with Crippen LogP contribution in [0.2, 0.25) is 0 Å². The topological polar surface area (TPSA) is 79.1 Å². The maximum absolute atomic E-state index is 13.9. The predicted molar refractivity (Wildman–Crippen MR) is 98.2 cm³/mol. The highest BCUT2D eigenvalue weighted by atomic mass is 19.1. The van der Waals surface area contributed by atoms with Gasteiger partial charge in [-0.2, -0.15) is 5.26 Å². The van der Waals surface area contributed by atoms with Crippen molar-refractivity contribution in [2.45, 2.75) is 25.8 Å². The van der Waals surface area contributed by atoms with Gasteiger partial charge in [0, 0.05) is 18.2 Å². The number of amides is 1. The number of carbonyl (C=O) groups is 1. The average molecular weight is 386 g/mol. The Labute approximate surface area is 162 Å². The minimum Gasteiger partial charge on any atom is -0.477 e. The molecule has 1 aromatic carbocycles. The van der Waals surface area contributed by atoms with Crippen molar-refractivity contribution in [2.75, 3.05) is 13.7 Å². The van der Waals surface area contributed by atoms with Crippen molar-refractivity contribution >= 4 is 5.91 Å².